The highest BCUT2D eigenvalue weighted by Crippen LogP contribution is 2.31. The topological polar surface area (TPSA) is 102 Å². The molecule has 1 unspecified atom stereocenters. The first kappa shape index (κ1) is 11.2. The second-order valence-electron chi connectivity index (χ2n) is 3.52. The van der Waals surface area contributed by atoms with Crippen molar-refractivity contribution in [3.63, 3.8) is 0 Å². The number of aliphatic hydroxyl groups excluding tert-OH is 1. The van der Waals surface area contributed by atoms with Gasteiger partial charge in [0.05, 0.1) is 18.3 Å². The first-order chi connectivity index (χ1) is 7.52. The Kier molecular flexibility index (Phi) is 2.75. The number of anilines is 1. The highest BCUT2D eigenvalue weighted by atomic mass is 32.2. The Hall–Kier alpha value is -1.31. The summed E-state index contributed by atoms with van der Waals surface area (Å²) in [6, 6.07) is 4.35. The maximum Gasteiger partial charge on any atom is 0.268 e. The molecule has 0 spiro atoms. The van der Waals surface area contributed by atoms with Gasteiger partial charge in [0.25, 0.3) is 10.0 Å². The van der Waals surface area contributed by atoms with Gasteiger partial charge in [-0.1, -0.05) is 6.07 Å². The molecule has 16 heavy (non-hydrogen) atoms. The molecule has 0 radical (unpaired) electrons. The van der Waals surface area contributed by atoms with Gasteiger partial charge in [-0.05, 0) is 17.7 Å². The summed E-state index contributed by atoms with van der Waals surface area (Å²) in [6.07, 6.45) is 0. The zero-order valence-corrected chi connectivity index (χ0v) is 9.20. The smallest absolute Gasteiger partial charge is 0.268 e. The minimum absolute atomic E-state index is 0.202. The Balaban J connectivity index is 2.38. The summed E-state index contributed by atoms with van der Waals surface area (Å²) in [7, 11) is -3.42. The van der Waals surface area contributed by atoms with Gasteiger partial charge in [-0.15, -0.1) is 0 Å². The van der Waals surface area contributed by atoms with Crippen molar-refractivity contribution in [1.82, 2.24) is 0 Å². The lowest BCUT2D eigenvalue weighted by Gasteiger charge is -2.20. The molecule has 88 valence electrons. The highest BCUT2D eigenvalue weighted by Gasteiger charge is 2.21. The Bertz CT molecular complexity index is 500. The molecule has 1 aromatic carbocycles. The van der Waals surface area contributed by atoms with Crippen LogP contribution in [0.25, 0.3) is 0 Å². The monoisotopic (exact) mass is 244 g/mol. The van der Waals surface area contributed by atoms with Crippen LogP contribution in [0.4, 0.5) is 5.69 Å². The molecule has 4 N–H and O–H groups in total. The summed E-state index contributed by atoms with van der Waals surface area (Å²) in [6.45, 7) is -0.202. The van der Waals surface area contributed by atoms with Gasteiger partial charge in [-0.2, -0.15) is 0 Å². The fourth-order valence-electron chi connectivity index (χ4n) is 1.43. The van der Waals surface area contributed by atoms with E-state index in [0.29, 0.717) is 17.0 Å². The molecule has 0 aliphatic carbocycles. The molecule has 0 saturated carbocycles. The predicted molar refractivity (Wildman–Crippen MR) is 58.5 cm³/mol. The van der Waals surface area contributed by atoms with Crippen molar-refractivity contribution in [3.8, 4) is 5.75 Å². The molecule has 1 aliphatic rings. The summed E-state index contributed by atoms with van der Waals surface area (Å²) in [4.78, 5) is 0. The van der Waals surface area contributed by atoms with Crippen LogP contribution in [0, 0.1) is 0 Å². The van der Waals surface area contributed by atoms with Gasteiger partial charge < -0.3 is 15.6 Å². The average Bonchev–Trinajstić information content (AvgIpc) is 2.25. The van der Waals surface area contributed by atoms with Crippen LogP contribution in [0.1, 0.15) is 11.6 Å². The largest absolute Gasteiger partial charge is 0.474 e. The maximum atomic E-state index is 11.2. The van der Waals surface area contributed by atoms with Crippen LogP contribution >= 0.6 is 0 Å². The summed E-state index contributed by atoms with van der Waals surface area (Å²) in [5.41, 5.74) is 6.63. The van der Waals surface area contributed by atoms with E-state index in [4.69, 9.17) is 15.6 Å². The van der Waals surface area contributed by atoms with E-state index in [1.807, 2.05) is 0 Å². The third-order valence-corrected chi connectivity index (χ3v) is 3.22. The summed E-state index contributed by atoms with van der Waals surface area (Å²) in [5.74, 6) is 0.0782. The summed E-state index contributed by atoms with van der Waals surface area (Å²) in [5, 5.41) is 8.90. The summed E-state index contributed by atoms with van der Waals surface area (Å²) >= 11 is 0. The van der Waals surface area contributed by atoms with Gasteiger partial charge in [-0.3, -0.25) is 4.72 Å². The first-order valence-corrected chi connectivity index (χ1v) is 6.31. The standard InChI is InChI=1S/C9H12N2O4S/c10-7(4-12)6-1-2-9-8(3-6)11-16(13,14)5-15-9/h1-3,7,11-12H,4-5,10H2. The normalized spacial score (nSPS) is 19.1. The molecule has 0 bridgehead atoms. The lowest BCUT2D eigenvalue weighted by atomic mass is 10.1. The van der Waals surface area contributed by atoms with Crippen molar-refractivity contribution >= 4 is 15.7 Å². The number of nitrogens with one attached hydrogen (secondary N) is 1. The molecule has 1 atom stereocenters. The van der Waals surface area contributed by atoms with Crippen LogP contribution in [0.5, 0.6) is 5.75 Å². The van der Waals surface area contributed by atoms with E-state index in [9.17, 15) is 8.42 Å². The number of aliphatic hydroxyl groups is 1. The number of sulfonamides is 1. The molecule has 1 aromatic rings. The summed E-state index contributed by atoms with van der Waals surface area (Å²) < 4.78 is 29.9. The van der Waals surface area contributed by atoms with Gasteiger partial charge >= 0.3 is 0 Å². The number of ether oxygens (including phenoxy) is 1. The van der Waals surface area contributed by atoms with Gasteiger partial charge in [-0.25, -0.2) is 8.42 Å². The van der Waals surface area contributed by atoms with Crippen molar-refractivity contribution in [2.24, 2.45) is 5.73 Å². The molecular weight excluding hydrogens is 232 g/mol. The van der Waals surface area contributed by atoms with Crippen LogP contribution < -0.4 is 15.2 Å². The molecular formula is C9H12N2O4S. The quantitative estimate of drug-likeness (QED) is 0.667. The van der Waals surface area contributed by atoms with Crippen LogP contribution in [0.15, 0.2) is 18.2 Å². The second-order valence-corrected chi connectivity index (χ2v) is 5.19. The number of benzene rings is 1. The number of rotatable bonds is 2. The average molecular weight is 244 g/mol. The van der Waals surface area contributed by atoms with Crippen molar-refractivity contribution in [1.29, 1.82) is 0 Å². The van der Waals surface area contributed by atoms with E-state index in [0.717, 1.165) is 0 Å². The zero-order valence-electron chi connectivity index (χ0n) is 8.38. The minimum atomic E-state index is -3.42. The van der Waals surface area contributed by atoms with Gasteiger partial charge in [0.2, 0.25) is 5.94 Å². The Morgan fingerprint density at radius 2 is 2.31 bits per heavy atom. The van der Waals surface area contributed by atoms with Crippen LogP contribution in [0.2, 0.25) is 0 Å². The lowest BCUT2D eigenvalue weighted by molar-refractivity contribution is 0.268. The number of nitrogens with two attached hydrogens (primary N) is 1. The lowest BCUT2D eigenvalue weighted by Crippen LogP contribution is -2.26. The van der Waals surface area contributed by atoms with Gasteiger partial charge in [0.1, 0.15) is 5.75 Å². The van der Waals surface area contributed by atoms with Gasteiger partial charge in [0.15, 0.2) is 0 Å². The molecule has 7 heteroatoms. The van der Waals surface area contributed by atoms with Crippen LogP contribution in [-0.4, -0.2) is 26.1 Å². The Morgan fingerprint density at radius 3 is 3.00 bits per heavy atom. The van der Waals surface area contributed by atoms with Gasteiger partial charge in [0, 0.05) is 0 Å². The molecule has 1 aliphatic heterocycles. The van der Waals surface area contributed by atoms with Crippen molar-refractivity contribution in [3.05, 3.63) is 23.8 Å². The fourth-order valence-corrected chi connectivity index (χ4v) is 2.26. The minimum Gasteiger partial charge on any atom is -0.474 e. The molecule has 2 rings (SSSR count). The maximum absolute atomic E-state index is 11.2. The molecule has 6 nitrogen and oxygen atoms in total. The van der Waals surface area contributed by atoms with E-state index in [2.05, 4.69) is 4.72 Å². The predicted octanol–water partition coefficient (Wildman–Crippen LogP) is -0.230. The fraction of sp³-hybridized carbons (Fsp3) is 0.333. The highest BCUT2D eigenvalue weighted by molar-refractivity contribution is 7.92. The van der Waals surface area contributed by atoms with Crippen molar-refractivity contribution in [2.75, 3.05) is 17.3 Å². The van der Waals surface area contributed by atoms with E-state index < -0.39 is 16.1 Å². The molecule has 0 aromatic heterocycles. The SMILES string of the molecule is NC(CO)c1ccc2c(c1)NS(=O)(=O)CO2. The molecule has 0 fully saturated rings. The van der Waals surface area contributed by atoms with E-state index in [-0.39, 0.29) is 12.5 Å². The third-order valence-electron chi connectivity index (χ3n) is 2.26. The van der Waals surface area contributed by atoms with Crippen LogP contribution in [-0.2, 0) is 10.0 Å². The molecule has 0 amide bonds. The number of hydrogen-bond donors (Lipinski definition) is 3. The third kappa shape index (κ3) is 2.11. The van der Waals surface area contributed by atoms with E-state index in [1.165, 1.54) is 0 Å². The Morgan fingerprint density at radius 1 is 1.56 bits per heavy atom. The number of fused-ring (bicyclic) bond motifs is 1. The molecule has 1 heterocycles. The molecule has 0 saturated heterocycles. The second kappa shape index (κ2) is 3.93. The van der Waals surface area contributed by atoms with Crippen molar-refractivity contribution < 1.29 is 18.3 Å². The first-order valence-electron chi connectivity index (χ1n) is 4.65. The van der Waals surface area contributed by atoms with Crippen LogP contribution in [0.3, 0.4) is 0 Å². The zero-order chi connectivity index (χ0) is 11.8. The van der Waals surface area contributed by atoms with E-state index >= 15 is 0 Å². The van der Waals surface area contributed by atoms with E-state index in [1.54, 1.807) is 18.2 Å². The number of hydrogen-bond acceptors (Lipinski definition) is 5. The Labute approximate surface area is 93.1 Å². The van der Waals surface area contributed by atoms with Crippen molar-refractivity contribution in [2.45, 2.75) is 6.04 Å².